The molecule has 5 heteroatoms. The van der Waals surface area contributed by atoms with Crippen LogP contribution in [-0.2, 0) is 9.53 Å². The molecular formula is C15H21NO3S. The Morgan fingerprint density at radius 2 is 2.15 bits per heavy atom. The fourth-order valence-corrected chi connectivity index (χ4v) is 3.05. The summed E-state index contributed by atoms with van der Waals surface area (Å²) in [5.41, 5.74) is 0. The zero-order valence-corrected chi connectivity index (χ0v) is 12.6. The van der Waals surface area contributed by atoms with E-state index in [0.717, 1.165) is 25.7 Å². The first-order valence-corrected chi connectivity index (χ1v) is 8.13. The second kappa shape index (κ2) is 7.43. The molecule has 1 N–H and O–H groups in total. The van der Waals surface area contributed by atoms with Crippen LogP contribution in [0.4, 0.5) is 0 Å². The summed E-state index contributed by atoms with van der Waals surface area (Å²) in [5.74, 6) is -0.574. The Morgan fingerprint density at radius 1 is 1.40 bits per heavy atom. The summed E-state index contributed by atoms with van der Waals surface area (Å²) in [6.07, 6.45) is 5.44. The highest BCUT2D eigenvalue weighted by Crippen LogP contribution is 2.18. The standard InChI is InChI=1S/C15H21NO3S/c1-2-12(19-15(18)13-9-6-10-20-13)14(17)16-11-7-4-3-5-8-11/h6,9-12H,2-5,7-8H2,1H3,(H,16,17)/t12-/m0/s1. The lowest BCUT2D eigenvalue weighted by atomic mass is 9.95. The van der Waals surface area contributed by atoms with E-state index in [1.54, 1.807) is 12.1 Å². The maximum atomic E-state index is 12.2. The van der Waals surface area contributed by atoms with E-state index in [1.165, 1.54) is 17.8 Å². The van der Waals surface area contributed by atoms with Crippen LogP contribution in [0.5, 0.6) is 0 Å². The van der Waals surface area contributed by atoms with Crippen molar-refractivity contribution in [3.8, 4) is 0 Å². The topological polar surface area (TPSA) is 55.4 Å². The first-order valence-electron chi connectivity index (χ1n) is 7.25. The van der Waals surface area contributed by atoms with Crippen LogP contribution >= 0.6 is 11.3 Å². The maximum Gasteiger partial charge on any atom is 0.349 e. The van der Waals surface area contributed by atoms with Crippen LogP contribution in [0.15, 0.2) is 17.5 Å². The first kappa shape index (κ1) is 15.0. The first-order chi connectivity index (χ1) is 9.70. The summed E-state index contributed by atoms with van der Waals surface area (Å²) in [7, 11) is 0. The summed E-state index contributed by atoms with van der Waals surface area (Å²) in [6, 6.07) is 3.74. The smallest absolute Gasteiger partial charge is 0.349 e. The van der Waals surface area contributed by atoms with Gasteiger partial charge >= 0.3 is 5.97 Å². The van der Waals surface area contributed by atoms with Gasteiger partial charge in [-0.25, -0.2) is 4.79 Å². The van der Waals surface area contributed by atoms with Gasteiger partial charge in [0.2, 0.25) is 0 Å². The van der Waals surface area contributed by atoms with Gasteiger partial charge in [-0.1, -0.05) is 32.3 Å². The molecule has 1 atom stereocenters. The Balaban J connectivity index is 1.86. The molecule has 0 saturated heterocycles. The predicted molar refractivity (Wildman–Crippen MR) is 78.8 cm³/mol. The molecule has 1 aliphatic carbocycles. The average Bonchev–Trinajstić information content (AvgIpc) is 2.99. The SMILES string of the molecule is CC[C@H](OC(=O)c1cccs1)C(=O)NC1CCCCC1. The fraction of sp³-hybridized carbons (Fsp3) is 0.600. The fourth-order valence-electron chi connectivity index (χ4n) is 2.45. The van der Waals surface area contributed by atoms with Crippen molar-refractivity contribution in [3.05, 3.63) is 22.4 Å². The summed E-state index contributed by atoms with van der Waals surface area (Å²) >= 11 is 1.32. The Hall–Kier alpha value is -1.36. The van der Waals surface area contributed by atoms with Crippen molar-refractivity contribution in [1.82, 2.24) is 5.32 Å². The van der Waals surface area contributed by atoms with Crippen molar-refractivity contribution in [2.75, 3.05) is 0 Å². The normalized spacial score (nSPS) is 17.4. The van der Waals surface area contributed by atoms with Crippen molar-refractivity contribution in [1.29, 1.82) is 0 Å². The molecule has 1 saturated carbocycles. The zero-order chi connectivity index (χ0) is 14.4. The van der Waals surface area contributed by atoms with Gasteiger partial charge in [0.25, 0.3) is 5.91 Å². The molecule has 0 bridgehead atoms. The maximum absolute atomic E-state index is 12.2. The lowest BCUT2D eigenvalue weighted by Crippen LogP contribution is -2.43. The molecule has 0 spiro atoms. The molecular weight excluding hydrogens is 274 g/mol. The summed E-state index contributed by atoms with van der Waals surface area (Å²) in [4.78, 5) is 24.6. The Morgan fingerprint density at radius 3 is 2.75 bits per heavy atom. The molecule has 1 aromatic rings. The van der Waals surface area contributed by atoms with E-state index in [9.17, 15) is 9.59 Å². The van der Waals surface area contributed by atoms with E-state index in [1.807, 2.05) is 12.3 Å². The number of amides is 1. The molecule has 0 unspecified atom stereocenters. The van der Waals surface area contributed by atoms with Crippen LogP contribution in [0.2, 0.25) is 0 Å². The largest absolute Gasteiger partial charge is 0.448 e. The van der Waals surface area contributed by atoms with E-state index in [2.05, 4.69) is 5.32 Å². The minimum Gasteiger partial charge on any atom is -0.448 e. The second-order valence-electron chi connectivity index (χ2n) is 5.12. The van der Waals surface area contributed by atoms with Crippen LogP contribution in [0.1, 0.15) is 55.1 Å². The number of ether oxygens (including phenoxy) is 1. The Bertz CT molecular complexity index is 438. The van der Waals surface area contributed by atoms with Gasteiger partial charge in [-0.3, -0.25) is 4.79 Å². The lowest BCUT2D eigenvalue weighted by molar-refractivity contribution is -0.131. The Labute approximate surface area is 123 Å². The van der Waals surface area contributed by atoms with Crippen LogP contribution < -0.4 is 5.32 Å². The molecule has 1 aromatic heterocycles. The molecule has 110 valence electrons. The predicted octanol–water partition coefficient (Wildman–Crippen LogP) is 3.13. The molecule has 4 nitrogen and oxygen atoms in total. The van der Waals surface area contributed by atoms with Gasteiger partial charge in [-0.05, 0) is 30.7 Å². The summed E-state index contributed by atoms with van der Waals surface area (Å²) in [6.45, 7) is 1.85. The van der Waals surface area contributed by atoms with Crippen LogP contribution in [0, 0.1) is 0 Å². The third-order valence-electron chi connectivity index (χ3n) is 3.59. The second-order valence-corrected chi connectivity index (χ2v) is 6.07. The number of nitrogens with one attached hydrogen (secondary N) is 1. The minimum absolute atomic E-state index is 0.163. The number of hydrogen-bond acceptors (Lipinski definition) is 4. The van der Waals surface area contributed by atoms with Gasteiger partial charge in [0, 0.05) is 6.04 Å². The van der Waals surface area contributed by atoms with Crippen LogP contribution in [0.25, 0.3) is 0 Å². The number of esters is 1. The number of thiophene rings is 1. The number of rotatable bonds is 5. The number of carbonyl (C=O) groups is 2. The minimum atomic E-state index is -0.688. The number of hydrogen-bond donors (Lipinski definition) is 1. The lowest BCUT2D eigenvalue weighted by Gasteiger charge is -2.25. The molecule has 1 aliphatic rings. The van der Waals surface area contributed by atoms with Crippen molar-refractivity contribution < 1.29 is 14.3 Å². The van der Waals surface area contributed by atoms with Gasteiger partial charge in [0.05, 0.1) is 0 Å². The third-order valence-corrected chi connectivity index (χ3v) is 4.44. The number of carbonyl (C=O) groups excluding carboxylic acids is 2. The third kappa shape index (κ3) is 4.07. The monoisotopic (exact) mass is 295 g/mol. The van der Waals surface area contributed by atoms with Gasteiger partial charge in [0.1, 0.15) is 4.88 Å². The molecule has 1 heterocycles. The quantitative estimate of drug-likeness (QED) is 0.849. The van der Waals surface area contributed by atoms with Crippen molar-refractivity contribution >= 4 is 23.2 Å². The summed E-state index contributed by atoms with van der Waals surface area (Å²) < 4.78 is 5.31. The van der Waals surface area contributed by atoms with Crippen molar-refractivity contribution in [2.24, 2.45) is 0 Å². The molecule has 2 rings (SSSR count). The zero-order valence-electron chi connectivity index (χ0n) is 11.8. The summed E-state index contributed by atoms with van der Waals surface area (Å²) in [5, 5.41) is 4.83. The molecule has 20 heavy (non-hydrogen) atoms. The van der Waals surface area contributed by atoms with Crippen molar-refractivity contribution in [2.45, 2.75) is 57.6 Å². The van der Waals surface area contributed by atoms with Crippen molar-refractivity contribution in [3.63, 3.8) is 0 Å². The molecule has 0 aromatic carbocycles. The molecule has 0 radical (unpaired) electrons. The van der Waals surface area contributed by atoms with Crippen LogP contribution in [-0.4, -0.2) is 24.0 Å². The highest BCUT2D eigenvalue weighted by Gasteiger charge is 2.25. The van der Waals surface area contributed by atoms with Crippen LogP contribution in [0.3, 0.4) is 0 Å². The van der Waals surface area contributed by atoms with E-state index < -0.39 is 12.1 Å². The Kier molecular flexibility index (Phi) is 5.59. The van der Waals surface area contributed by atoms with E-state index >= 15 is 0 Å². The van der Waals surface area contributed by atoms with E-state index in [0.29, 0.717) is 11.3 Å². The van der Waals surface area contributed by atoms with Gasteiger partial charge in [-0.15, -0.1) is 11.3 Å². The van der Waals surface area contributed by atoms with Gasteiger partial charge in [0.15, 0.2) is 6.10 Å². The highest BCUT2D eigenvalue weighted by molar-refractivity contribution is 7.11. The average molecular weight is 295 g/mol. The molecule has 1 fully saturated rings. The van der Waals surface area contributed by atoms with E-state index in [-0.39, 0.29) is 11.9 Å². The van der Waals surface area contributed by atoms with E-state index in [4.69, 9.17) is 4.74 Å². The van der Waals surface area contributed by atoms with Gasteiger partial charge in [-0.2, -0.15) is 0 Å². The van der Waals surface area contributed by atoms with Gasteiger partial charge < -0.3 is 10.1 Å². The molecule has 0 aliphatic heterocycles. The highest BCUT2D eigenvalue weighted by atomic mass is 32.1. The molecule has 1 amide bonds.